The van der Waals surface area contributed by atoms with Crippen LogP contribution in [0.5, 0.6) is 0 Å². The number of benzene rings is 1. The first-order valence-electron chi connectivity index (χ1n) is 7.62. The van der Waals surface area contributed by atoms with E-state index < -0.39 is 0 Å². The summed E-state index contributed by atoms with van der Waals surface area (Å²) in [5.41, 5.74) is 1.94. The third-order valence-corrected chi connectivity index (χ3v) is 3.98. The summed E-state index contributed by atoms with van der Waals surface area (Å²) in [5, 5.41) is 1.12. The number of ether oxygens (including phenoxy) is 2. The summed E-state index contributed by atoms with van der Waals surface area (Å²) in [6.07, 6.45) is 1.69. The Morgan fingerprint density at radius 1 is 1.36 bits per heavy atom. The molecule has 1 saturated heterocycles. The van der Waals surface area contributed by atoms with Crippen molar-refractivity contribution in [1.82, 2.24) is 9.97 Å². The molecule has 0 radical (unpaired) electrons. The number of hydrogen-bond donors (Lipinski definition) is 0. The van der Waals surface area contributed by atoms with E-state index in [2.05, 4.69) is 41.7 Å². The topological polar surface area (TPSA) is 47.5 Å². The van der Waals surface area contributed by atoms with Gasteiger partial charge in [0.1, 0.15) is 12.1 Å². The molecule has 0 amide bonds. The molecule has 0 spiro atoms. The zero-order valence-corrected chi connectivity index (χ0v) is 13.7. The van der Waals surface area contributed by atoms with Crippen LogP contribution < -0.4 is 4.90 Å². The minimum atomic E-state index is -0.235. The van der Waals surface area contributed by atoms with Gasteiger partial charge in [0.15, 0.2) is 0 Å². The second-order valence-electron chi connectivity index (χ2n) is 6.50. The summed E-state index contributed by atoms with van der Waals surface area (Å²) in [4.78, 5) is 11.3. The standard InChI is InChI=1S/C17H23N3O2/c1-12-6-5-7-14-15(12)16(19-11-18-14)20-8-13(9-21-4)22-17(2,3)10-20/h5-7,11,13H,8-10H2,1-4H3/t13-/m1/s1. The summed E-state index contributed by atoms with van der Waals surface area (Å²) in [5.74, 6) is 0.987. The van der Waals surface area contributed by atoms with Crippen molar-refractivity contribution in [3.05, 3.63) is 30.1 Å². The lowest BCUT2D eigenvalue weighted by Gasteiger charge is -2.43. The fourth-order valence-electron chi connectivity index (χ4n) is 3.23. The minimum Gasteiger partial charge on any atom is -0.382 e. The first-order chi connectivity index (χ1) is 10.5. The number of aromatic nitrogens is 2. The summed E-state index contributed by atoms with van der Waals surface area (Å²) in [6, 6.07) is 6.17. The first kappa shape index (κ1) is 15.2. The van der Waals surface area contributed by atoms with E-state index in [0.717, 1.165) is 29.8 Å². The molecule has 2 heterocycles. The van der Waals surface area contributed by atoms with Gasteiger partial charge < -0.3 is 14.4 Å². The van der Waals surface area contributed by atoms with Crippen molar-refractivity contribution in [2.75, 3.05) is 31.7 Å². The predicted octanol–water partition coefficient (Wildman–Crippen LogP) is 2.57. The highest BCUT2D eigenvalue weighted by molar-refractivity contribution is 5.92. The van der Waals surface area contributed by atoms with Gasteiger partial charge >= 0.3 is 0 Å². The van der Waals surface area contributed by atoms with E-state index in [1.54, 1.807) is 13.4 Å². The molecule has 5 heteroatoms. The molecule has 1 fully saturated rings. The molecule has 0 aliphatic carbocycles. The molecular weight excluding hydrogens is 278 g/mol. The van der Waals surface area contributed by atoms with Crippen molar-refractivity contribution in [3.8, 4) is 0 Å². The van der Waals surface area contributed by atoms with E-state index in [0.29, 0.717) is 6.61 Å². The summed E-state index contributed by atoms with van der Waals surface area (Å²) in [6.45, 7) is 8.48. The molecule has 3 rings (SSSR count). The molecule has 0 N–H and O–H groups in total. The second kappa shape index (κ2) is 5.82. The number of fused-ring (bicyclic) bond motifs is 1. The number of morpholine rings is 1. The fraction of sp³-hybridized carbons (Fsp3) is 0.529. The summed E-state index contributed by atoms with van der Waals surface area (Å²) < 4.78 is 11.4. The van der Waals surface area contributed by atoms with E-state index >= 15 is 0 Å². The maximum absolute atomic E-state index is 6.10. The minimum absolute atomic E-state index is 0.0442. The Kier molecular flexibility index (Phi) is 4.02. The molecule has 118 valence electrons. The van der Waals surface area contributed by atoms with Gasteiger partial charge in [0.2, 0.25) is 0 Å². The molecule has 0 saturated carbocycles. The van der Waals surface area contributed by atoms with Crippen LogP contribution in [0.2, 0.25) is 0 Å². The van der Waals surface area contributed by atoms with Crippen LogP contribution >= 0.6 is 0 Å². The normalized spacial score (nSPS) is 21.3. The van der Waals surface area contributed by atoms with Gasteiger partial charge in [-0.05, 0) is 32.4 Å². The van der Waals surface area contributed by atoms with Gasteiger partial charge in [-0.25, -0.2) is 9.97 Å². The van der Waals surface area contributed by atoms with Gasteiger partial charge in [-0.1, -0.05) is 12.1 Å². The van der Waals surface area contributed by atoms with Crippen molar-refractivity contribution in [2.24, 2.45) is 0 Å². The van der Waals surface area contributed by atoms with Gasteiger partial charge in [0.25, 0.3) is 0 Å². The Labute approximate surface area is 131 Å². The lowest BCUT2D eigenvalue weighted by Crippen LogP contribution is -2.54. The predicted molar refractivity (Wildman–Crippen MR) is 87.3 cm³/mol. The maximum atomic E-state index is 6.10. The van der Waals surface area contributed by atoms with E-state index in [-0.39, 0.29) is 11.7 Å². The van der Waals surface area contributed by atoms with Gasteiger partial charge in [0.05, 0.1) is 23.8 Å². The van der Waals surface area contributed by atoms with Crippen molar-refractivity contribution >= 4 is 16.7 Å². The quantitative estimate of drug-likeness (QED) is 0.872. The molecule has 22 heavy (non-hydrogen) atoms. The van der Waals surface area contributed by atoms with E-state index in [1.165, 1.54) is 5.56 Å². The number of methoxy groups -OCH3 is 1. The zero-order chi connectivity index (χ0) is 15.7. The third kappa shape index (κ3) is 2.91. The van der Waals surface area contributed by atoms with Crippen LogP contribution in [0.4, 0.5) is 5.82 Å². The maximum Gasteiger partial charge on any atom is 0.140 e. The first-order valence-corrected chi connectivity index (χ1v) is 7.62. The van der Waals surface area contributed by atoms with Crippen LogP contribution in [0.3, 0.4) is 0 Å². The van der Waals surface area contributed by atoms with Crippen LogP contribution in [-0.2, 0) is 9.47 Å². The third-order valence-electron chi connectivity index (χ3n) is 3.98. The van der Waals surface area contributed by atoms with Crippen LogP contribution in [-0.4, -0.2) is 48.5 Å². The van der Waals surface area contributed by atoms with Gasteiger partial charge in [-0.2, -0.15) is 0 Å². The van der Waals surface area contributed by atoms with Crippen molar-refractivity contribution in [2.45, 2.75) is 32.5 Å². The van der Waals surface area contributed by atoms with Crippen LogP contribution in [0.25, 0.3) is 10.9 Å². The second-order valence-corrected chi connectivity index (χ2v) is 6.50. The van der Waals surface area contributed by atoms with Gasteiger partial charge in [-0.3, -0.25) is 0 Å². The van der Waals surface area contributed by atoms with E-state index in [1.807, 2.05) is 12.1 Å². The van der Waals surface area contributed by atoms with Crippen molar-refractivity contribution in [3.63, 3.8) is 0 Å². The van der Waals surface area contributed by atoms with Gasteiger partial charge in [0, 0.05) is 25.6 Å². The molecule has 1 aromatic heterocycles. The Balaban J connectivity index is 2.03. The van der Waals surface area contributed by atoms with E-state index in [4.69, 9.17) is 9.47 Å². The molecule has 1 atom stereocenters. The molecular formula is C17H23N3O2. The number of anilines is 1. The molecule has 1 aliphatic heterocycles. The Morgan fingerprint density at radius 3 is 2.95 bits per heavy atom. The Morgan fingerprint density at radius 2 is 2.18 bits per heavy atom. The zero-order valence-electron chi connectivity index (χ0n) is 13.7. The average Bonchev–Trinajstić information content (AvgIpc) is 2.46. The van der Waals surface area contributed by atoms with Crippen molar-refractivity contribution < 1.29 is 9.47 Å². The SMILES string of the molecule is COC[C@H]1CN(c2ncnc3cccc(C)c23)CC(C)(C)O1. The number of nitrogens with zero attached hydrogens (tertiary/aromatic N) is 3. The fourth-order valence-corrected chi connectivity index (χ4v) is 3.23. The highest BCUT2D eigenvalue weighted by Crippen LogP contribution is 2.31. The monoisotopic (exact) mass is 301 g/mol. The summed E-state index contributed by atoms with van der Waals surface area (Å²) >= 11 is 0. The average molecular weight is 301 g/mol. The largest absolute Gasteiger partial charge is 0.382 e. The lowest BCUT2D eigenvalue weighted by molar-refractivity contribution is -0.106. The number of hydrogen-bond acceptors (Lipinski definition) is 5. The van der Waals surface area contributed by atoms with Gasteiger partial charge in [-0.15, -0.1) is 0 Å². The highest BCUT2D eigenvalue weighted by Gasteiger charge is 2.34. The lowest BCUT2D eigenvalue weighted by atomic mass is 10.0. The van der Waals surface area contributed by atoms with E-state index in [9.17, 15) is 0 Å². The van der Waals surface area contributed by atoms with Crippen LogP contribution in [0.15, 0.2) is 24.5 Å². The summed E-state index contributed by atoms with van der Waals surface area (Å²) in [7, 11) is 1.71. The number of aryl methyl sites for hydroxylation is 1. The molecule has 5 nitrogen and oxygen atoms in total. The van der Waals surface area contributed by atoms with Crippen LogP contribution in [0.1, 0.15) is 19.4 Å². The molecule has 0 bridgehead atoms. The Hall–Kier alpha value is -1.72. The molecule has 2 aromatic rings. The molecule has 0 unspecified atom stereocenters. The number of rotatable bonds is 3. The molecule has 1 aliphatic rings. The highest BCUT2D eigenvalue weighted by atomic mass is 16.5. The smallest absolute Gasteiger partial charge is 0.140 e. The Bertz CT molecular complexity index is 667. The van der Waals surface area contributed by atoms with Crippen LogP contribution in [0, 0.1) is 6.92 Å². The van der Waals surface area contributed by atoms with Crippen molar-refractivity contribution in [1.29, 1.82) is 0 Å². The molecule has 1 aromatic carbocycles.